The van der Waals surface area contributed by atoms with Crippen LogP contribution in [0.1, 0.15) is 24.5 Å². The average molecular weight is 366 g/mol. The first-order valence-corrected chi connectivity index (χ1v) is 9.18. The van der Waals surface area contributed by atoms with Crippen molar-refractivity contribution >= 4 is 16.3 Å². The number of hydrogen-bond acceptors (Lipinski definition) is 6. The second-order valence-corrected chi connectivity index (χ2v) is 6.70. The van der Waals surface area contributed by atoms with Gasteiger partial charge in [-0.05, 0) is 42.8 Å². The minimum absolute atomic E-state index is 0.118. The average Bonchev–Trinajstić information content (AvgIpc) is 3.28. The molecule has 0 unspecified atom stereocenters. The maximum absolute atomic E-state index is 6.09. The lowest BCUT2D eigenvalue weighted by Crippen LogP contribution is -2.07. The van der Waals surface area contributed by atoms with Crippen molar-refractivity contribution < 1.29 is 9.47 Å². The minimum Gasteiger partial charge on any atom is -0.497 e. The van der Waals surface area contributed by atoms with E-state index in [1.807, 2.05) is 54.6 Å². The molecule has 6 nitrogen and oxygen atoms in total. The molecule has 0 aliphatic carbocycles. The lowest BCUT2D eigenvalue weighted by Gasteiger charge is -2.14. The number of para-hydroxylation sites is 1. The summed E-state index contributed by atoms with van der Waals surface area (Å²) in [4.78, 5) is 0.751. The number of nitrogens with zero attached hydrogens (tertiary/aromatic N) is 4. The summed E-state index contributed by atoms with van der Waals surface area (Å²) in [6.45, 7) is 2.08. The van der Waals surface area contributed by atoms with Crippen molar-refractivity contribution in [2.45, 2.75) is 19.4 Å². The Balaban J connectivity index is 1.65. The molecule has 0 N–H and O–H groups in total. The lowest BCUT2D eigenvalue weighted by atomic mass is 10.2. The lowest BCUT2D eigenvalue weighted by molar-refractivity contribution is 0.199. The molecule has 2 aromatic carbocycles. The zero-order valence-corrected chi connectivity index (χ0v) is 15.3. The van der Waals surface area contributed by atoms with E-state index in [-0.39, 0.29) is 6.10 Å². The second kappa shape index (κ2) is 7.13. The summed E-state index contributed by atoms with van der Waals surface area (Å²) in [5.41, 5.74) is 0.937. The molecule has 0 aliphatic rings. The third-order valence-corrected chi connectivity index (χ3v) is 5.01. The first kappa shape index (κ1) is 16.5. The molecule has 0 saturated carbocycles. The van der Waals surface area contributed by atoms with Gasteiger partial charge in [-0.3, -0.25) is 0 Å². The van der Waals surface area contributed by atoms with Gasteiger partial charge in [0.25, 0.3) is 0 Å². The van der Waals surface area contributed by atoms with Crippen molar-refractivity contribution in [3.8, 4) is 22.9 Å². The molecule has 7 heteroatoms. The smallest absolute Gasteiger partial charge is 0.235 e. The number of rotatable bonds is 6. The Morgan fingerprint density at radius 3 is 2.46 bits per heavy atom. The topological polar surface area (TPSA) is 61.5 Å². The summed E-state index contributed by atoms with van der Waals surface area (Å²) in [6, 6.07) is 17.5. The van der Waals surface area contributed by atoms with Gasteiger partial charge in [-0.15, -0.1) is 10.2 Å². The zero-order valence-electron chi connectivity index (χ0n) is 14.5. The van der Waals surface area contributed by atoms with Gasteiger partial charge in [-0.2, -0.15) is 9.61 Å². The summed E-state index contributed by atoms with van der Waals surface area (Å²) in [5, 5.41) is 14.1. The van der Waals surface area contributed by atoms with Crippen LogP contribution in [-0.2, 0) is 0 Å². The van der Waals surface area contributed by atoms with Crippen LogP contribution < -0.4 is 9.47 Å². The molecule has 4 rings (SSSR count). The Bertz CT molecular complexity index is 995. The number of aromatic nitrogens is 4. The van der Waals surface area contributed by atoms with Crippen LogP contribution in [0.3, 0.4) is 0 Å². The van der Waals surface area contributed by atoms with E-state index in [4.69, 9.17) is 14.6 Å². The van der Waals surface area contributed by atoms with E-state index < -0.39 is 0 Å². The molecule has 26 heavy (non-hydrogen) atoms. The monoisotopic (exact) mass is 366 g/mol. The van der Waals surface area contributed by atoms with Crippen molar-refractivity contribution in [3.63, 3.8) is 0 Å². The minimum atomic E-state index is -0.118. The van der Waals surface area contributed by atoms with Crippen molar-refractivity contribution in [1.29, 1.82) is 0 Å². The summed E-state index contributed by atoms with van der Waals surface area (Å²) in [6.07, 6.45) is 0.699. The van der Waals surface area contributed by atoms with Gasteiger partial charge in [0.2, 0.25) is 4.96 Å². The third kappa shape index (κ3) is 3.13. The van der Waals surface area contributed by atoms with E-state index in [1.165, 1.54) is 11.3 Å². The molecule has 0 radical (unpaired) electrons. The summed E-state index contributed by atoms with van der Waals surface area (Å²) in [7, 11) is 1.65. The quantitative estimate of drug-likeness (QED) is 0.506. The molecule has 0 aliphatic heterocycles. The predicted octanol–water partition coefficient (Wildman–Crippen LogP) is 4.39. The van der Waals surface area contributed by atoms with E-state index in [2.05, 4.69) is 17.1 Å². The highest BCUT2D eigenvalue weighted by atomic mass is 32.1. The van der Waals surface area contributed by atoms with Crippen LogP contribution in [0.2, 0.25) is 0 Å². The first-order valence-electron chi connectivity index (χ1n) is 8.36. The number of fused-ring (bicyclic) bond motifs is 1. The zero-order chi connectivity index (χ0) is 17.9. The number of methoxy groups -OCH3 is 1. The first-order chi connectivity index (χ1) is 12.8. The molecule has 4 aromatic rings. The van der Waals surface area contributed by atoms with Gasteiger partial charge in [0.05, 0.1) is 7.11 Å². The van der Waals surface area contributed by atoms with Crippen molar-refractivity contribution in [1.82, 2.24) is 19.8 Å². The van der Waals surface area contributed by atoms with Crippen LogP contribution in [0.4, 0.5) is 0 Å². The van der Waals surface area contributed by atoms with Gasteiger partial charge in [-0.1, -0.05) is 36.5 Å². The molecule has 0 bridgehead atoms. The van der Waals surface area contributed by atoms with Gasteiger partial charge in [-0.25, -0.2) is 0 Å². The summed E-state index contributed by atoms with van der Waals surface area (Å²) >= 11 is 1.50. The largest absolute Gasteiger partial charge is 0.497 e. The van der Waals surface area contributed by atoms with E-state index in [1.54, 1.807) is 11.6 Å². The predicted molar refractivity (Wildman–Crippen MR) is 101 cm³/mol. The number of ether oxygens (including phenoxy) is 2. The fourth-order valence-corrected chi connectivity index (χ4v) is 3.60. The Morgan fingerprint density at radius 2 is 1.77 bits per heavy atom. The van der Waals surface area contributed by atoms with Crippen molar-refractivity contribution in [3.05, 3.63) is 59.6 Å². The molecule has 0 saturated heterocycles. The van der Waals surface area contributed by atoms with Crippen LogP contribution in [0.15, 0.2) is 54.6 Å². The highest BCUT2D eigenvalue weighted by molar-refractivity contribution is 7.16. The van der Waals surface area contributed by atoms with E-state index >= 15 is 0 Å². The summed E-state index contributed by atoms with van der Waals surface area (Å²) in [5.74, 6) is 2.34. The molecule has 0 spiro atoms. The van der Waals surface area contributed by atoms with Crippen LogP contribution in [0.5, 0.6) is 11.5 Å². The number of benzene rings is 2. The maximum atomic E-state index is 6.09. The van der Waals surface area contributed by atoms with Crippen LogP contribution in [-0.4, -0.2) is 26.9 Å². The maximum Gasteiger partial charge on any atom is 0.235 e. The van der Waals surface area contributed by atoms with Gasteiger partial charge in [0.1, 0.15) is 11.5 Å². The Labute approximate surface area is 155 Å². The Hall–Kier alpha value is -2.93. The molecule has 1 atom stereocenters. The summed E-state index contributed by atoms with van der Waals surface area (Å²) < 4.78 is 13.1. The fraction of sp³-hybridized carbons (Fsp3) is 0.211. The Kier molecular flexibility index (Phi) is 4.53. The normalized spacial score (nSPS) is 12.2. The van der Waals surface area contributed by atoms with E-state index in [0.29, 0.717) is 5.82 Å². The highest BCUT2D eigenvalue weighted by Gasteiger charge is 2.20. The molecular weight excluding hydrogens is 348 g/mol. The molecule has 132 valence electrons. The van der Waals surface area contributed by atoms with Crippen LogP contribution in [0, 0.1) is 0 Å². The van der Waals surface area contributed by atoms with Crippen LogP contribution >= 0.6 is 11.3 Å². The van der Waals surface area contributed by atoms with E-state index in [0.717, 1.165) is 33.5 Å². The van der Waals surface area contributed by atoms with Gasteiger partial charge in [0.15, 0.2) is 16.9 Å². The second-order valence-electron chi connectivity index (χ2n) is 5.71. The van der Waals surface area contributed by atoms with Gasteiger partial charge < -0.3 is 9.47 Å². The molecule has 0 amide bonds. The van der Waals surface area contributed by atoms with Crippen LogP contribution in [0.25, 0.3) is 16.3 Å². The van der Waals surface area contributed by atoms with Gasteiger partial charge in [0, 0.05) is 5.56 Å². The van der Waals surface area contributed by atoms with Gasteiger partial charge >= 0.3 is 0 Å². The number of hydrogen-bond donors (Lipinski definition) is 0. The molecule has 2 aromatic heterocycles. The molecular formula is C19H18N4O2S. The Morgan fingerprint density at radius 1 is 1.00 bits per heavy atom. The third-order valence-electron chi connectivity index (χ3n) is 4.02. The SMILES string of the molecule is CC[C@H](Oc1ccccc1)c1nn2c(-c3ccc(OC)cc3)nnc2s1. The van der Waals surface area contributed by atoms with Crippen molar-refractivity contribution in [2.24, 2.45) is 0 Å². The standard InChI is InChI=1S/C19H18N4O2S/c1-3-16(25-15-7-5-4-6-8-15)18-22-23-17(20-21-19(23)26-18)13-9-11-14(24-2)12-10-13/h4-12,16H,3H2,1-2H3/t16-/m0/s1. The molecule has 2 heterocycles. The van der Waals surface area contributed by atoms with E-state index in [9.17, 15) is 0 Å². The fourth-order valence-electron chi connectivity index (χ4n) is 2.65. The highest BCUT2D eigenvalue weighted by Crippen LogP contribution is 2.30. The molecule has 0 fully saturated rings. The van der Waals surface area contributed by atoms with Crippen molar-refractivity contribution in [2.75, 3.05) is 7.11 Å².